The van der Waals surface area contributed by atoms with E-state index in [-0.39, 0.29) is 23.8 Å². The Morgan fingerprint density at radius 3 is 2.84 bits per heavy atom. The van der Waals surface area contributed by atoms with Crippen LogP contribution < -0.4 is 5.32 Å². The minimum Gasteiger partial charge on any atom is -0.395 e. The molecule has 0 aliphatic carbocycles. The van der Waals surface area contributed by atoms with Gasteiger partial charge in [-0.05, 0) is 30.7 Å². The van der Waals surface area contributed by atoms with E-state index < -0.39 is 0 Å². The van der Waals surface area contributed by atoms with E-state index in [1.165, 1.54) is 11.3 Å². The molecule has 1 amide bonds. The molecule has 102 valence electrons. The predicted molar refractivity (Wildman–Crippen MR) is 83.1 cm³/mol. The molecule has 1 heterocycles. The normalized spacial score (nSPS) is 14.3. The molecule has 19 heavy (non-hydrogen) atoms. The topological polar surface area (TPSA) is 49.3 Å². The number of thiophene rings is 1. The third-order valence-electron chi connectivity index (χ3n) is 3.05. The van der Waals surface area contributed by atoms with Gasteiger partial charge in [-0.3, -0.25) is 4.79 Å². The molecule has 0 spiro atoms. The van der Waals surface area contributed by atoms with E-state index in [1.807, 2.05) is 43.5 Å². The summed E-state index contributed by atoms with van der Waals surface area (Å²) in [7, 11) is 0. The molecule has 0 saturated carbocycles. The number of hydrogen-bond donors (Lipinski definition) is 2. The van der Waals surface area contributed by atoms with Gasteiger partial charge in [-0.15, -0.1) is 11.3 Å². The predicted octanol–water partition coefficient (Wildman–Crippen LogP) is 2.74. The third-order valence-corrected chi connectivity index (χ3v) is 5.33. The highest BCUT2D eigenvalue weighted by Crippen LogP contribution is 2.25. The number of aliphatic hydroxyl groups excluding tert-OH is 1. The van der Waals surface area contributed by atoms with Gasteiger partial charge in [-0.2, -0.15) is 11.8 Å². The van der Waals surface area contributed by atoms with Crippen LogP contribution in [0.2, 0.25) is 0 Å². The zero-order chi connectivity index (χ0) is 13.8. The second kappa shape index (κ2) is 6.41. The van der Waals surface area contributed by atoms with E-state index in [0.717, 1.165) is 10.1 Å². The number of fused-ring (bicyclic) bond motifs is 1. The van der Waals surface area contributed by atoms with Crippen molar-refractivity contribution in [3.05, 3.63) is 35.2 Å². The minimum absolute atomic E-state index is 0.0262. The van der Waals surface area contributed by atoms with Crippen molar-refractivity contribution in [3.63, 3.8) is 0 Å². The molecule has 1 aromatic heterocycles. The van der Waals surface area contributed by atoms with Gasteiger partial charge in [0, 0.05) is 16.0 Å². The van der Waals surface area contributed by atoms with Gasteiger partial charge in [0.05, 0.1) is 11.5 Å². The molecule has 2 rings (SSSR count). The van der Waals surface area contributed by atoms with Crippen molar-refractivity contribution in [2.24, 2.45) is 0 Å². The first-order chi connectivity index (χ1) is 9.15. The highest BCUT2D eigenvalue weighted by atomic mass is 32.2. The molecule has 3 nitrogen and oxygen atoms in total. The maximum absolute atomic E-state index is 12.2. The number of carbonyl (C=O) groups excluding carboxylic acids is 1. The van der Waals surface area contributed by atoms with Gasteiger partial charge in [0.25, 0.3) is 5.91 Å². The number of hydrogen-bond acceptors (Lipinski definition) is 4. The van der Waals surface area contributed by atoms with Crippen LogP contribution in [0.15, 0.2) is 30.3 Å². The standard InChI is InChI=1S/C14H17NO2S2/c1-9(13(8-16)18-2)15-14(17)12-7-10-5-3-4-6-11(10)19-12/h3-7,9,13,16H,8H2,1-2H3,(H,15,17)/t9-,13+/m0/s1. The first-order valence-electron chi connectivity index (χ1n) is 6.08. The van der Waals surface area contributed by atoms with Crippen LogP contribution in [0.3, 0.4) is 0 Å². The van der Waals surface area contributed by atoms with Crippen molar-refractivity contribution < 1.29 is 9.90 Å². The number of rotatable bonds is 5. The summed E-state index contributed by atoms with van der Waals surface area (Å²) in [6.07, 6.45) is 1.93. The summed E-state index contributed by atoms with van der Waals surface area (Å²) < 4.78 is 1.11. The van der Waals surface area contributed by atoms with Gasteiger partial charge in [-0.1, -0.05) is 18.2 Å². The number of carbonyl (C=O) groups is 1. The highest BCUT2D eigenvalue weighted by molar-refractivity contribution is 7.99. The summed E-state index contributed by atoms with van der Waals surface area (Å²) >= 11 is 3.05. The van der Waals surface area contributed by atoms with E-state index in [0.29, 0.717) is 4.88 Å². The fraction of sp³-hybridized carbons (Fsp3) is 0.357. The Labute approximate surface area is 121 Å². The van der Waals surface area contributed by atoms with Crippen molar-refractivity contribution in [1.82, 2.24) is 5.32 Å². The van der Waals surface area contributed by atoms with Crippen molar-refractivity contribution in [2.45, 2.75) is 18.2 Å². The van der Waals surface area contributed by atoms with Crippen LogP contribution in [-0.4, -0.2) is 35.2 Å². The van der Waals surface area contributed by atoms with Gasteiger partial charge >= 0.3 is 0 Å². The highest BCUT2D eigenvalue weighted by Gasteiger charge is 2.19. The second-order valence-corrected chi connectivity index (χ2v) is 6.53. The lowest BCUT2D eigenvalue weighted by molar-refractivity contribution is 0.0940. The minimum atomic E-state index is -0.0683. The molecule has 2 aromatic rings. The smallest absolute Gasteiger partial charge is 0.261 e. The number of benzene rings is 1. The fourth-order valence-corrected chi connectivity index (χ4v) is 3.49. The van der Waals surface area contributed by atoms with Gasteiger partial charge in [0.2, 0.25) is 0 Å². The fourth-order valence-electron chi connectivity index (χ4n) is 1.90. The molecular weight excluding hydrogens is 278 g/mol. The van der Waals surface area contributed by atoms with Crippen LogP contribution >= 0.6 is 23.1 Å². The average molecular weight is 295 g/mol. The van der Waals surface area contributed by atoms with Crippen molar-refractivity contribution in [3.8, 4) is 0 Å². The monoisotopic (exact) mass is 295 g/mol. The van der Waals surface area contributed by atoms with Crippen LogP contribution in [0, 0.1) is 0 Å². The van der Waals surface area contributed by atoms with Crippen LogP contribution in [0.5, 0.6) is 0 Å². The van der Waals surface area contributed by atoms with E-state index in [9.17, 15) is 9.90 Å². The molecule has 2 atom stereocenters. The molecule has 0 fully saturated rings. The van der Waals surface area contributed by atoms with Crippen LogP contribution in [0.4, 0.5) is 0 Å². The lowest BCUT2D eigenvalue weighted by atomic mass is 10.2. The van der Waals surface area contributed by atoms with Gasteiger partial charge in [0.1, 0.15) is 0 Å². The average Bonchev–Trinajstić information content (AvgIpc) is 2.84. The second-order valence-electron chi connectivity index (χ2n) is 4.37. The maximum Gasteiger partial charge on any atom is 0.261 e. The van der Waals surface area contributed by atoms with Gasteiger partial charge in [0.15, 0.2) is 0 Å². The lowest BCUT2D eigenvalue weighted by Crippen LogP contribution is -2.40. The largest absolute Gasteiger partial charge is 0.395 e. The Morgan fingerprint density at radius 1 is 1.47 bits per heavy atom. The molecule has 0 saturated heterocycles. The van der Waals surface area contributed by atoms with Crippen molar-refractivity contribution in [2.75, 3.05) is 12.9 Å². The van der Waals surface area contributed by atoms with E-state index >= 15 is 0 Å². The number of thioether (sulfide) groups is 1. The lowest BCUT2D eigenvalue weighted by Gasteiger charge is -2.20. The number of aliphatic hydroxyl groups is 1. The summed E-state index contributed by atoms with van der Waals surface area (Å²) in [5, 5.41) is 13.3. The molecule has 5 heteroatoms. The Morgan fingerprint density at radius 2 is 2.21 bits per heavy atom. The SMILES string of the molecule is CS[C@H](CO)[C@H](C)NC(=O)c1cc2ccccc2s1. The Bertz CT molecular complexity index is 530. The first-order valence-corrected chi connectivity index (χ1v) is 8.19. The quantitative estimate of drug-likeness (QED) is 0.892. The molecule has 0 radical (unpaired) electrons. The summed E-state index contributed by atoms with van der Waals surface area (Å²) in [6, 6.07) is 9.81. The van der Waals surface area contributed by atoms with Gasteiger partial charge in [-0.25, -0.2) is 0 Å². The summed E-state index contributed by atoms with van der Waals surface area (Å²) in [5.74, 6) is -0.0683. The molecule has 0 aliphatic rings. The summed E-state index contributed by atoms with van der Waals surface area (Å²) in [4.78, 5) is 12.9. The number of amides is 1. The number of nitrogens with one attached hydrogen (secondary N) is 1. The molecular formula is C14H17NO2S2. The Kier molecular flexibility index (Phi) is 4.85. The molecule has 0 aliphatic heterocycles. The zero-order valence-corrected chi connectivity index (χ0v) is 12.6. The molecule has 2 N–H and O–H groups in total. The van der Waals surface area contributed by atoms with Crippen LogP contribution in [0.1, 0.15) is 16.6 Å². The summed E-state index contributed by atoms with van der Waals surface area (Å²) in [6.45, 7) is 1.98. The maximum atomic E-state index is 12.2. The third kappa shape index (κ3) is 3.29. The molecule has 1 aromatic carbocycles. The molecule has 0 bridgehead atoms. The van der Waals surface area contributed by atoms with Gasteiger partial charge < -0.3 is 10.4 Å². The Hall–Kier alpha value is -1.04. The first kappa shape index (κ1) is 14.4. The van der Waals surface area contributed by atoms with E-state index in [1.54, 1.807) is 11.8 Å². The van der Waals surface area contributed by atoms with E-state index in [2.05, 4.69) is 5.32 Å². The summed E-state index contributed by atoms with van der Waals surface area (Å²) in [5.41, 5.74) is 0. The van der Waals surface area contributed by atoms with Crippen molar-refractivity contribution in [1.29, 1.82) is 0 Å². The Balaban J connectivity index is 2.11. The van der Waals surface area contributed by atoms with E-state index in [4.69, 9.17) is 0 Å². The zero-order valence-electron chi connectivity index (χ0n) is 10.9. The van der Waals surface area contributed by atoms with Crippen molar-refractivity contribution >= 4 is 39.1 Å². The van der Waals surface area contributed by atoms with Crippen LogP contribution in [-0.2, 0) is 0 Å². The van der Waals surface area contributed by atoms with Crippen LogP contribution in [0.25, 0.3) is 10.1 Å². The molecule has 0 unspecified atom stereocenters.